The molecule has 2 rings (SSSR count). The fraction of sp³-hybridized carbons (Fsp3) is 0.778. The van der Waals surface area contributed by atoms with Crippen molar-refractivity contribution in [1.82, 2.24) is 0 Å². The predicted molar refractivity (Wildman–Crippen MR) is 48.4 cm³/mol. The molecular formula is C9H14OS. The second-order valence-electron chi connectivity index (χ2n) is 3.31. The molecule has 62 valence electrons. The van der Waals surface area contributed by atoms with E-state index in [1.807, 2.05) is 0 Å². The molecular weight excluding hydrogens is 156 g/mol. The van der Waals surface area contributed by atoms with Crippen LogP contribution in [0.2, 0.25) is 0 Å². The molecule has 1 aliphatic heterocycles. The Morgan fingerprint density at radius 2 is 2.55 bits per heavy atom. The van der Waals surface area contributed by atoms with Crippen LogP contribution in [0.5, 0.6) is 0 Å². The zero-order valence-electron chi connectivity index (χ0n) is 6.82. The summed E-state index contributed by atoms with van der Waals surface area (Å²) in [5.41, 5.74) is 0. The molecule has 0 radical (unpaired) electrons. The molecule has 0 aromatic heterocycles. The van der Waals surface area contributed by atoms with Crippen LogP contribution in [0.4, 0.5) is 0 Å². The quantitative estimate of drug-likeness (QED) is 0.465. The van der Waals surface area contributed by atoms with Gasteiger partial charge in [-0.3, -0.25) is 0 Å². The second kappa shape index (κ2) is 3.20. The molecule has 0 N–H and O–H groups in total. The van der Waals surface area contributed by atoms with Crippen molar-refractivity contribution in [2.24, 2.45) is 5.92 Å². The fourth-order valence-electron chi connectivity index (χ4n) is 1.87. The van der Waals surface area contributed by atoms with Crippen molar-refractivity contribution >= 4 is 12.0 Å². The van der Waals surface area contributed by atoms with E-state index in [4.69, 9.17) is 4.18 Å². The highest BCUT2D eigenvalue weighted by Gasteiger charge is 2.37. The molecule has 0 unspecified atom stereocenters. The number of hydrogen-bond acceptors (Lipinski definition) is 2. The van der Waals surface area contributed by atoms with E-state index >= 15 is 0 Å². The number of fused-ring (bicyclic) bond motifs is 1. The first kappa shape index (κ1) is 7.69. The molecule has 1 nitrogen and oxygen atoms in total. The average Bonchev–Trinajstić information content (AvgIpc) is 2.53. The third kappa shape index (κ3) is 1.34. The highest BCUT2D eigenvalue weighted by molar-refractivity contribution is 7.95. The number of allylic oxidation sites excluding steroid dienone is 1. The SMILES string of the molecule is CCC[C@@H]1SO[C@H]2C=CC[C@H]21. The van der Waals surface area contributed by atoms with Crippen LogP contribution in [0, 0.1) is 5.92 Å². The summed E-state index contributed by atoms with van der Waals surface area (Å²) in [4.78, 5) is 0. The van der Waals surface area contributed by atoms with Gasteiger partial charge in [-0.1, -0.05) is 25.5 Å². The molecule has 0 amide bonds. The molecule has 0 bridgehead atoms. The van der Waals surface area contributed by atoms with E-state index in [1.54, 1.807) is 12.0 Å². The summed E-state index contributed by atoms with van der Waals surface area (Å²) < 4.78 is 5.57. The maximum atomic E-state index is 5.57. The fourth-order valence-corrected chi connectivity index (χ4v) is 3.09. The van der Waals surface area contributed by atoms with Crippen LogP contribution in [-0.4, -0.2) is 11.4 Å². The molecule has 1 saturated heterocycles. The van der Waals surface area contributed by atoms with Gasteiger partial charge >= 0.3 is 0 Å². The summed E-state index contributed by atoms with van der Waals surface area (Å²) in [7, 11) is 0. The minimum atomic E-state index is 0.441. The molecule has 0 aromatic carbocycles. The Labute approximate surface area is 72.4 Å². The van der Waals surface area contributed by atoms with E-state index < -0.39 is 0 Å². The Kier molecular flexibility index (Phi) is 2.23. The Morgan fingerprint density at radius 1 is 1.64 bits per heavy atom. The van der Waals surface area contributed by atoms with Gasteiger partial charge in [-0.2, -0.15) is 0 Å². The van der Waals surface area contributed by atoms with Crippen LogP contribution in [0.25, 0.3) is 0 Å². The van der Waals surface area contributed by atoms with Crippen molar-refractivity contribution in [3.63, 3.8) is 0 Å². The van der Waals surface area contributed by atoms with Crippen molar-refractivity contribution < 1.29 is 4.18 Å². The summed E-state index contributed by atoms with van der Waals surface area (Å²) in [6.45, 7) is 2.25. The number of rotatable bonds is 2. The largest absolute Gasteiger partial charge is 0.307 e. The van der Waals surface area contributed by atoms with E-state index in [9.17, 15) is 0 Å². The van der Waals surface area contributed by atoms with Crippen LogP contribution in [-0.2, 0) is 4.18 Å². The molecule has 2 aliphatic rings. The third-order valence-electron chi connectivity index (χ3n) is 2.50. The van der Waals surface area contributed by atoms with Crippen LogP contribution in [0.3, 0.4) is 0 Å². The molecule has 1 heterocycles. The van der Waals surface area contributed by atoms with Gasteiger partial charge in [0.1, 0.15) is 0 Å². The third-order valence-corrected chi connectivity index (χ3v) is 3.66. The lowest BCUT2D eigenvalue weighted by Crippen LogP contribution is -2.16. The zero-order chi connectivity index (χ0) is 7.68. The predicted octanol–water partition coefficient (Wildman–Crippen LogP) is 2.78. The molecule has 1 fully saturated rings. The van der Waals surface area contributed by atoms with Gasteiger partial charge in [0.15, 0.2) is 0 Å². The van der Waals surface area contributed by atoms with Crippen LogP contribution in [0.15, 0.2) is 12.2 Å². The van der Waals surface area contributed by atoms with E-state index in [0.717, 1.165) is 11.2 Å². The van der Waals surface area contributed by atoms with Crippen molar-refractivity contribution in [2.45, 2.75) is 37.5 Å². The van der Waals surface area contributed by atoms with Crippen LogP contribution >= 0.6 is 12.0 Å². The summed E-state index contributed by atoms with van der Waals surface area (Å²) in [6.07, 6.45) is 8.75. The Balaban J connectivity index is 1.95. The van der Waals surface area contributed by atoms with Gasteiger partial charge in [0.25, 0.3) is 0 Å². The molecule has 0 saturated carbocycles. The first-order chi connectivity index (χ1) is 5.42. The smallest absolute Gasteiger partial charge is 0.0945 e. The van der Waals surface area contributed by atoms with E-state index in [1.165, 1.54) is 19.3 Å². The van der Waals surface area contributed by atoms with E-state index in [2.05, 4.69) is 19.1 Å². The molecule has 11 heavy (non-hydrogen) atoms. The molecule has 3 atom stereocenters. The van der Waals surface area contributed by atoms with Crippen LogP contribution in [0.1, 0.15) is 26.2 Å². The summed E-state index contributed by atoms with van der Waals surface area (Å²) in [5, 5.41) is 0.764. The minimum Gasteiger partial charge on any atom is -0.307 e. The summed E-state index contributed by atoms with van der Waals surface area (Å²) >= 11 is 1.71. The van der Waals surface area contributed by atoms with Gasteiger partial charge in [0.05, 0.1) is 6.10 Å². The topological polar surface area (TPSA) is 9.23 Å². The standard InChI is InChI=1S/C9H14OS/c1-2-4-9-7-5-3-6-8(7)10-11-9/h3,6-9H,2,4-5H2,1H3/t7-,8+,9+/m1/s1. The number of hydrogen-bond donors (Lipinski definition) is 0. The highest BCUT2D eigenvalue weighted by Crippen LogP contribution is 2.43. The second-order valence-corrected chi connectivity index (χ2v) is 4.30. The van der Waals surface area contributed by atoms with E-state index in [0.29, 0.717) is 6.10 Å². The van der Waals surface area contributed by atoms with Gasteiger partial charge < -0.3 is 4.18 Å². The van der Waals surface area contributed by atoms with Crippen molar-refractivity contribution in [3.8, 4) is 0 Å². The van der Waals surface area contributed by atoms with Gasteiger partial charge in [0.2, 0.25) is 0 Å². The molecule has 2 heteroatoms. The normalized spacial score (nSPS) is 41.4. The highest BCUT2D eigenvalue weighted by atomic mass is 32.2. The zero-order valence-corrected chi connectivity index (χ0v) is 7.64. The van der Waals surface area contributed by atoms with E-state index in [-0.39, 0.29) is 0 Å². The maximum Gasteiger partial charge on any atom is 0.0945 e. The molecule has 0 spiro atoms. The Hall–Kier alpha value is 0.0500. The maximum absolute atomic E-state index is 5.57. The molecule has 0 aromatic rings. The van der Waals surface area contributed by atoms with Crippen LogP contribution < -0.4 is 0 Å². The lowest BCUT2D eigenvalue weighted by molar-refractivity contribution is 0.260. The monoisotopic (exact) mass is 170 g/mol. The average molecular weight is 170 g/mol. The summed E-state index contributed by atoms with van der Waals surface area (Å²) in [5.74, 6) is 0.792. The Morgan fingerprint density at radius 3 is 3.36 bits per heavy atom. The van der Waals surface area contributed by atoms with Crippen molar-refractivity contribution in [3.05, 3.63) is 12.2 Å². The van der Waals surface area contributed by atoms with Crippen molar-refractivity contribution in [1.29, 1.82) is 0 Å². The van der Waals surface area contributed by atoms with Crippen molar-refractivity contribution in [2.75, 3.05) is 0 Å². The first-order valence-electron chi connectivity index (χ1n) is 4.40. The lowest BCUT2D eigenvalue weighted by Gasteiger charge is -2.12. The van der Waals surface area contributed by atoms with Gasteiger partial charge in [-0.25, -0.2) is 0 Å². The van der Waals surface area contributed by atoms with Gasteiger partial charge in [-0.05, 0) is 24.9 Å². The molecule has 1 aliphatic carbocycles. The van der Waals surface area contributed by atoms with Gasteiger partial charge in [0, 0.05) is 11.2 Å². The first-order valence-corrected chi connectivity index (χ1v) is 5.21. The lowest BCUT2D eigenvalue weighted by atomic mass is 9.97. The van der Waals surface area contributed by atoms with Gasteiger partial charge in [-0.15, -0.1) is 0 Å². The minimum absolute atomic E-state index is 0.441. The Bertz CT molecular complexity index is 167. The summed E-state index contributed by atoms with van der Waals surface area (Å²) in [6, 6.07) is 0.